The second kappa shape index (κ2) is 7.53. The second-order valence-corrected chi connectivity index (χ2v) is 5.97. The van der Waals surface area contributed by atoms with Crippen LogP contribution >= 0.6 is 11.6 Å². The number of halogens is 1. The highest BCUT2D eigenvalue weighted by molar-refractivity contribution is 6.31. The normalized spacial score (nSPS) is 12.5. The van der Waals surface area contributed by atoms with Gasteiger partial charge in [-0.15, -0.1) is 0 Å². The molecule has 0 aliphatic rings. The van der Waals surface area contributed by atoms with Crippen LogP contribution in [0, 0.1) is 5.92 Å². The number of hydrogen-bond acceptors (Lipinski definition) is 2. The smallest absolute Gasteiger partial charge is 0.337 e. The summed E-state index contributed by atoms with van der Waals surface area (Å²) < 4.78 is 0. The predicted molar refractivity (Wildman–Crippen MR) is 85.1 cm³/mol. The van der Waals surface area contributed by atoms with Crippen LogP contribution in [0.2, 0.25) is 5.02 Å². The van der Waals surface area contributed by atoms with Gasteiger partial charge in [0.25, 0.3) is 0 Å². The highest BCUT2D eigenvalue weighted by Gasteiger charge is 2.21. The van der Waals surface area contributed by atoms with Gasteiger partial charge in [0.1, 0.15) is 0 Å². The minimum Gasteiger partial charge on any atom is -0.478 e. The molecule has 3 nitrogen and oxygen atoms in total. The molecule has 0 fully saturated rings. The minimum absolute atomic E-state index is 0.246. The van der Waals surface area contributed by atoms with E-state index in [1.807, 2.05) is 6.07 Å². The minimum atomic E-state index is -0.941. The van der Waals surface area contributed by atoms with Crippen LogP contribution in [0.1, 0.15) is 62.4 Å². The third kappa shape index (κ3) is 4.14. The van der Waals surface area contributed by atoms with Crippen LogP contribution in [0.25, 0.3) is 0 Å². The van der Waals surface area contributed by atoms with Crippen LogP contribution in [-0.2, 0) is 0 Å². The zero-order valence-corrected chi connectivity index (χ0v) is 13.4. The number of rotatable bonds is 7. The fraction of sp³-hybridized carbons (Fsp3) is 0.562. The Morgan fingerprint density at radius 3 is 2.50 bits per heavy atom. The maximum absolute atomic E-state index is 11.5. The number of nitrogens with one attached hydrogen (secondary N) is 1. The predicted octanol–water partition coefficient (Wildman–Crippen LogP) is 5.01. The summed E-state index contributed by atoms with van der Waals surface area (Å²) in [6.45, 7) is 9.24. The third-order valence-electron chi connectivity index (χ3n) is 3.69. The molecule has 0 amide bonds. The highest BCUT2D eigenvalue weighted by atomic mass is 35.5. The van der Waals surface area contributed by atoms with Crippen LogP contribution in [-0.4, -0.2) is 17.6 Å². The fourth-order valence-corrected chi connectivity index (χ4v) is 2.33. The first-order chi connectivity index (χ1) is 9.38. The molecule has 0 aliphatic heterocycles. The zero-order valence-electron chi connectivity index (χ0n) is 12.7. The van der Waals surface area contributed by atoms with Crippen molar-refractivity contribution in [1.82, 2.24) is 0 Å². The number of aromatic carboxylic acids is 1. The summed E-state index contributed by atoms with van der Waals surface area (Å²) in [5.74, 6) is -0.276. The van der Waals surface area contributed by atoms with Gasteiger partial charge in [0.05, 0.1) is 11.3 Å². The zero-order chi connectivity index (χ0) is 15.3. The van der Waals surface area contributed by atoms with Crippen molar-refractivity contribution in [3.63, 3.8) is 0 Å². The SMILES string of the molecule is CCCCNc1c(C(=O)O)cc(Cl)cc1C(C)C(C)C. The van der Waals surface area contributed by atoms with Gasteiger partial charge in [-0.3, -0.25) is 0 Å². The molecule has 1 aromatic carbocycles. The molecule has 0 saturated carbocycles. The van der Waals surface area contributed by atoms with Crippen molar-refractivity contribution in [2.24, 2.45) is 5.92 Å². The van der Waals surface area contributed by atoms with Gasteiger partial charge in [-0.1, -0.05) is 45.7 Å². The first-order valence-corrected chi connectivity index (χ1v) is 7.56. The number of unbranched alkanes of at least 4 members (excludes halogenated alkanes) is 1. The van der Waals surface area contributed by atoms with Gasteiger partial charge in [-0.2, -0.15) is 0 Å². The van der Waals surface area contributed by atoms with Gasteiger partial charge in [-0.25, -0.2) is 4.79 Å². The first-order valence-electron chi connectivity index (χ1n) is 7.19. The van der Waals surface area contributed by atoms with E-state index in [1.165, 1.54) is 6.07 Å². The number of carbonyl (C=O) groups is 1. The van der Waals surface area contributed by atoms with E-state index in [-0.39, 0.29) is 11.5 Å². The maximum Gasteiger partial charge on any atom is 0.337 e. The molecule has 4 heteroatoms. The van der Waals surface area contributed by atoms with Crippen molar-refractivity contribution in [2.75, 3.05) is 11.9 Å². The molecule has 1 atom stereocenters. The maximum atomic E-state index is 11.5. The third-order valence-corrected chi connectivity index (χ3v) is 3.90. The van der Waals surface area contributed by atoms with E-state index in [9.17, 15) is 9.90 Å². The van der Waals surface area contributed by atoms with Crippen molar-refractivity contribution in [2.45, 2.75) is 46.5 Å². The quantitative estimate of drug-likeness (QED) is 0.696. The first kappa shape index (κ1) is 16.8. The number of anilines is 1. The molecule has 0 radical (unpaired) electrons. The summed E-state index contributed by atoms with van der Waals surface area (Å²) in [6.07, 6.45) is 2.08. The van der Waals surface area contributed by atoms with Crippen molar-refractivity contribution in [3.05, 3.63) is 28.3 Å². The topological polar surface area (TPSA) is 49.3 Å². The van der Waals surface area contributed by atoms with Crippen molar-refractivity contribution < 1.29 is 9.90 Å². The molecule has 0 spiro atoms. The van der Waals surface area contributed by atoms with E-state index in [0.717, 1.165) is 30.6 Å². The Labute approximate surface area is 126 Å². The van der Waals surface area contributed by atoms with Crippen molar-refractivity contribution in [1.29, 1.82) is 0 Å². The molecule has 112 valence electrons. The summed E-state index contributed by atoms with van der Waals surface area (Å²) in [5, 5.41) is 13.2. The van der Waals surface area contributed by atoms with E-state index < -0.39 is 5.97 Å². The fourth-order valence-electron chi connectivity index (χ4n) is 2.10. The van der Waals surface area contributed by atoms with E-state index in [2.05, 4.69) is 33.0 Å². The molecule has 0 aliphatic carbocycles. The summed E-state index contributed by atoms with van der Waals surface area (Å²) in [6, 6.07) is 3.40. The Hall–Kier alpha value is -1.22. The van der Waals surface area contributed by atoms with Gasteiger partial charge >= 0.3 is 5.97 Å². The Balaban J connectivity index is 3.27. The number of hydrogen-bond donors (Lipinski definition) is 2. The van der Waals surface area contributed by atoms with E-state index >= 15 is 0 Å². The molecule has 0 heterocycles. The Morgan fingerprint density at radius 1 is 1.35 bits per heavy atom. The molecular weight excluding hydrogens is 274 g/mol. The van der Waals surface area contributed by atoms with E-state index in [0.29, 0.717) is 10.9 Å². The molecular formula is C16H24ClNO2. The monoisotopic (exact) mass is 297 g/mol. The van der Waals surface area contributed by atoms with Crippen LogP contribution in [0.5, 0.6) is 0 Å². The Morgan fingerprint density at radius 2 is 2.00 bits per heavy atom. The lowest BCUT2D eigenvalue weighted by atomic mass is 9.87. The Kier molecular flexibility index (Phi) is 6.34. The lowest BCUT2D eigenvalue weighted by molar-refractivity contribution is 0.0698. The molecule has 1 unspecified atom stereocenters. The van der Waals surface area contributed by atoms with Crippen LogP contribution < -0.4 is 5.32 Å². The second-order valence-electron chi connectivity index (χ2n) is 5.54. The lowest BCUT2D eigenvalue weighted by Crippen LogP contribution is -2.13. The largest absolute Gasteiger partial charge is 0.478 e. The summed E-state index contributed by atoms with van der Waals surface area (Å²) in [4.78, 5) is 11.5. The summed E-state index contributed by atoms with van der Waals surface area (Å²) in [7, 11) is 0. The number of carboxylic acids is 1. The van der Waals surface area contributed by atoms with Crippen LogP contribution in [0.15, 0.2) is 12.1 Å². The standard InChI is InChI=1S/C16H24ClNO2/c1-5-6-7-18-15-13(11(4)10(2)3)8-12(17)9-14(15)16(19)20/h8-11,18H,5-7H2,1-4H3,(H,19,20). The van der Waals surface area contributed by atoms with Gasteiger partial charge < -0.3 is 10.4 Å². The molecule has 0 saturated heterocycles. The van der Waals surface area contributed by atoms with Gasteiger partial charge in [-0.05, 0) is 36.0 Å². The Bertz CT molecular complexity index is 472. The lowest BCUT2D eigenvalue weighted by Gasteiger charge is -2.22. The number of carboxylic acid groups (broad SMARTS) is 1. The molecule has 1 aromatic rings. The van der Waals surface area contributed by atoms with Crippen molar-refractivity contribution in [3.8, 4) is 0 Å². The average Bonchev–Trinajstić information content (AvgIpc) is 2.38. The average molecular weight is 298 g/mol. The number of benzene rings is 1. The van der Waals surface area contributed by atoms with Crippen LogP contribution in [0.3, 0.4) is 0 Å². The summed E-state index contributed by atoms with van der Waals surface area (Å²) >= 11 is 6.09. The van der Waals surface area contributed by atoms with E-state index in [4.69, 9.17) is 11.6 Å². The molecule has 2 N–H and O–H groups in total. The van der Waals surface area contributed by atoms with E-state index in [1.54, 1.807) is 0 Å². The van der Waals surface area contributed by atoms with Gasteiger partial charge in [0.15, 0.2) is 0 Å². The van der Waals surface area contributed by atoms with Crippen molar-refractivity contribution >= 4 is 23.3 Å². The van der Waals surface area contributed by atoms with Crippen LogP contribution in [0.4, 0.5) is 5.69 Å². The van der Waals surface area contributed by atoms with Gasteiger partial charge in [0, 0.05) is 11.6 Å². The molecule has 0 bridgehead atoms. The molecule has 20 heavy (non-hydrogen) atoms. The molecule has 0 aromatic heterocycles. The molecule has 1 rings (SSSR count). The van der Waals surface area contributed by atoms with Gasteiger partial charge in [0.2, 0.25) is 0 Å². The summed E-state index contributed by atoms with van der Waals surface area (Å²) in [5.41, 5.74) is 1.97. The highest BCUT2D eigenvalue weighted by Crippen LogP contribution is 2.35.